The maximum Gasteiger partial charge on any atom is 0.319 e. The Bertz CT molecular complexity index is 758. The molecule has 2 aromatic rings. The van der Waals surface area contributed by atoms with Crippen molar-refractivity contribution in [1.82, 2.24) is 25.4 Å². The summed E-state index contributed by atoms with van der Waals surface area (Å²) in [6.45, 7) is 6.70. The maximum atomic E-state index is 12.5. The first kappa shape index (κ1) is 18.2. The van der Waals surface area contributed by atoms with Gasteiger partial charge in [0.2, 0.25) is 0 Å². The summed E-state index contributed by atoms with van der Waals surface area (Å²) in [7, 11) is 1.60. The van der Waals surface area contributed by atoms with Crippen LogP contribution in [-0.4, -0.2) is 41.0 Å². The summed E-state index contributed by atoms with van der Waals surface area (Å²) in [6, 6.07) is 6.76. The van der Waals surface area contributed by atoms with E-state index in [9.17, 15) is 4.79 Å². The average Bonchev–Trinajstić information content (AvgIpc) is 2.87. The first-order chi connectivity index (χ1) is 12.6. The van der Waals surface area contributed by atoms with Gasteiger partial charge in [0, 0.05) is 37.8 Å². The van der Waals surface area contributed by atoms with Crippen molar-refractivity contribution in [2.24, 2.45) is 5.92 Å². The zero-order valence-electron chi connectivity index (χ0n) is 15.5. The number of carbonyl (C=O) groups excluding carboxylic acids is 1. The van der Waals surface area contributed by atoms with Crippen LogP contribution in [0.5, 0.6) is 5.75 Å². The largest absolute Gasteiger partial charge is 0.497 e. The van der Waals surface area contributed by atoms with Crippen LogP contribution in [0, 0.1) is 5.92 Å². The number of hydrogen-bond acceptors (Lipinski definition) is 5. The van der Waals surface area contributed by atoms with Gasteiger partial charge in [-0.2, -0.15) is 0 Å². The Kier molecular flexibility index (Phi) is 5.72. The van der Waals surface area contributed by atoms with Crippen LogP contribution < -0.4 is 20.7 Å². The summed E-state index contributed by atoms with van der Waals surface area (Å²) in [6.07, 6.45) is 0.841. The minimum Gasteiger partial charge on any atom is -0.497 e. The van der Waals surface area contributed by atoms with Crippen LogP contribution in [-0.2, 0) is 13.0 Å². The lowest BCUT2D eigenvalue weighted by Crippen LogP contribution is -2.37. The predicted molar refractivity (Wildman–Crippen MR) is 99.3 cm³/mol. The monoisotopic (exact) mass is 358 g/mol. The number of rotatable bonds is 5. The van der Waals surface area contributed by atoms with E-state index in [2.05, 4.69) is 44.6 Å². The molecular weight excluding hydrogens is 332 g/mol. The van der Waals surface area contributed by atoms with Crippen molar-refractivity contribution in [3.05, 3.63) is 35.9 Å². The van der Waals surface area contributed by atoms with Crippen molar-refractivity contribution in [2.75, 3.05) is 25.5 Å². The lowest BCUT2D eigenvalue weighted by atomic mass is 10.0. The fraction of sp³-hybridized carbons (Fsp3) is 0.500. The molecule has 1 unspecified atom stereocenters. The Labute approximate surface area is 153 Å². The van der Waals surface area contributed by atoms with E-state index < -0.39 is 0 Å². The Balaban J connectivity index is 1.74. The molecule has 2 amide bonds. The number of nitrogens with one attached hydrogen (secondary N) is 3. The van der Waals surface area contributed by atoms with Crippen molar-refractivity contribution in [3.63, 3.8) is 0 Å². The summed E-state index contributed by atoms with van der Waals surface area (Å²) in [5.41, 5.74) is 0.675. The molecule has 8 heteroatoms. The second-order valence-corrected chi connectivity index (χ2v) is 6.68. The van der Waals surface area contributed by atoms with Crippen molar-refractivity contribution < 1.29 is 9.53 Å². The van der Waals surface area contributed by atoms with Crippen molar-refractivity contribution in [3.8, 4) is 5.75 Å². The number of ether oxygens (including phenoxy) is 1. The lowest BCUT2D eigenvalue weighted by Gasteiger charge is -2.23. The van der Waals surface area contributed by atoms with Gasteiger partial charge in [-0.25, -0.2) is 4.79 Å². The third-order valence-electron chi connectivity index (χ3n) is 4.45. The third-order valence-corrected chi connectivity index (χ3v) is 4.45. The topological polar surface area (TPSA) is 93.1 Å². The lowest BCUT2D eigenvalue weighted by molar-refractivity contribution is 0.243. The standard InChI is InChI=1S/C18H26N6O2/c1-12(2)16(17-23-22-15-7-8-19-9-10-24(15)17)21-18(25)20-13-5-4-6-14(11-13)26-3/h4-6,11-12,16,19H,7-10H2,1-3H3,(H2,20,21,25). The number of urea groups is 1. The van der Waals surface area contributed by atoms with E-state index in [1.54, 1.807) is 13.2 Å². The van der Waals surface area contributed by atoms with Gasteiger partial charge in [0.05, 0.1) is 13.2 Å². The van der Waals surface area contributed by atoms with E-state index in [-0.39, 0.29) is 18.0 Å². The molecule has 0 spiro atoms. The van der Waals surface area contributed by atoms with Crippen molar-refractivity contribution >= 4 is 11.7 Å². The van der Waals surface area contributed by atoms with Gasteiger partial charge in [0.15, 0.2) is 5.82 Å². The molecule has 8 nitrogen and oxygen atoms in total. The number of amides is 2. The average molecular weight is 358 g/mol. The number of fused-ring (bicyclic) bond motifs is 1. The zero-order valence-corrected chi connectivity index (χ0v) is 15.5. The Morgan fingerprint density at radius 2 is 2.15 bits per heavy atom. The first-order valence-corrected chi connectivity index (χ1v) is 8.92. The zero-order chi connectivity index (χ0) is 18.5. The first-order valence-electron chi connectivity index (χ1n) is 8.92. The molecule has 1 atom stereocenters. The van der Waals surface area contributed by atoms with Gasteiger partial charge in [-0.15, -0.1) is 10.2 Å². The fourth-order valence-corrected chi connectivity index (χ4v) is 3.06. The number of methoxy groups -OCH3 is 1. The molecule has 3 rings (SSSR count). The Morgan fingerprint density at radius 3 is 2.92 bits per heavy atom. The maximum absolute atomic E-state index is 12.5. The van der Waals surface area contributed by atoms with Crippen molar-refractivity contribution in [2.45, 2.75) is 32.9 Å². The molecule has 1 aromatic heterocycles. The number of aromatic nitrogens is 3. The molecule has 3 N–H and O–H groups in total. The molecule has 0 bridgehead atoms. The van der Waals surface area contributed by atoms with E-state index >= 15 is 0 Å². The molecule has 1 aromatic carbocycles. The number of carbonyl (C=O) groups is 1. The van der Waals surface area contributed by atoms with Gasteiger partial charge < -0.3 is 25.3 Å². The van der Waals surface area contributed by atoms with Gasteiger partial charge >= 0.3 is 6.03 Å². The van der Waals surface area contributed by atoms with Gasteiger partial charge in [-0.05, 0) is 18.1 Å². The summed E-state index contributed by atoms with van der Waals surface area (Å²) in [5, 5.41) is 17.9. The van der Waals surface area contributed by atoms with Crippen LogP contribution >= 0.6 is 0 Å². The van der Waals surface area contributed by atoms with Crippen LogP contribution in [0.3, 0.4) is 0 Å². The number of nitrogens with zero attached hydrogens (tertiary/aromatic N) is 3. The Hall–Kier alpha value is -2.61. The molecule has 26 heavy (non-hydrogen) atoms. The van der Waals surface area contributed by atoms with Crippen LogP contribution in [0.1, 0.15) is 31.5 Å². The van der Waals surface area contributed by atoms with E-state index in [0.29, 0.717) is 11.4 Å². The number of anilines is 1. The summed E-state index contributed by atoms with van der Waals surface area (Å²) in [5.74, 6) is 2.64. The van der Waals surface area contributed by atoms with Crippen LogP contribution in [0.25, 0.3) is 0 Å². The van der Waals surface area contributed by atoms with Crippen molar-refractivity contribution in [1.29, 1.82) is 0 Å². The van der Waals surface area contributed by atoms with E-state index in [1.165, 1.54) is 0 Å². The minimum atomic E-state index is -0.277. The molecule has 0 saturated heterocycles. The van der Waals surface area contributed by atoms with Crippen LogP contribution in [0.4, 0.5) is 10.5 Å². The summed E-state index contributed by atoms with van der Waals surface area (Å²) >= 11 is 0. The molecule has 140 valence electrons. The van der Waals surface area contributed by atoms with Gasteiger partial charge in [-0.3, -0.25) is 0 Å². The second-order valence-electron chi connectivity index (χ2n) is 6.68. The van der Waals surface area contributed by atoms with E-state index in [4.69, 9.17) is 4.74 Å². The van der Waals surface area contributed by atoms with E-state index in [1.807, 2.05) is 18.2 Å². The van der Waals surface area contributed by atoms with Gasteiger partial charge in [-0.1, -0.05) is 19.9 Å². The summed E-state index contributed by atoms with van der Waals surface area (Å²) in [4.78, 5) is 12.5. The molecule has 0 saturated carbocycles. The normalized spacial score (nSPS) is 15.1. The van der Waals surface area contributed by atoms with Crippen LogP contribution in [0.2, 0.25) is 0 Å². The molecular formula is C18H26N6O2. The van der Waals surface area contributed by atoms with Gasteiger partial charge in [0.1, 0.15) is 11.6 Å². The molecule has 0 fully saturated rings. The highest BCUT2D eigenvalue weighted by molar-refractivity contribution is 5.89. The smallest absolute Gasteiger partial charge is 0.319 e. The van der Waals surface area contributed by atoms with Crippen LogP contribution in [0.15, 0.2) is 24.3 Å². The van der Waals surface area contributed by atoms with E-state index in [0.717, 1.165) is 37.7 Å². The highest BCUT2D eigenvalue weighted by atomic mass is 16.5. The summed E-state index contributed by atoms with van der Waals surface area (Å²) < 4.78 is 7.31. The molecule has 2 heterocycles. The minimum absolute atomic E-state index is 0.176. The number of benzene rings is 1. The fourth-order valence-electron chi connectivity index (χ4n) is 3.06. The quantitative estimate of drug-likeness (QED) is 0.760. The highest BCUT2D eigenvalue weighted by Gasteiger charge is 2.26. The Morgan fingerprint density at radius 1 is 1.31 bits per heavy atom. The third kappa shape index (κ3) is 4.13. The molecule has 0 aliphatic carbocycles. The predicted octanol–water partition coefficient (Wildman–Crippen LogP) is 1.95. The molecule has 1 aliphatic heterocycles. The molecule has 0 radical (unpaired) electrons. The molecule has 1 aliphatic rings. The highest BCUT2D eigenvalue weighted by Crippen LogP contribution is 2.22. The van der Waals surface area contributed by atoms with Gasteiger partial charge in [0.25, 0.3) is 0 Å². The second kappa shape index (κ2) is 8.18. The SMILES string of the molecule is COc1cccc(NC(=O)NC(c2nnc3n2CCNCC3)C(C)C)c1. The number of hydrogen-bond donors (Lipinski definition) is 3.